The van der Waals surface area contributed by atoms with Crippen LogP contribution in [0.3, 0.4) is 0 Å². The predicted molar refractivity (Wildman–Crippen MR) is 194 cm³/mol. The molecular formula is C39H46F2N8O3. The van der Waals surface area contributed by atoms with Gasteiger partial charge in [-0.25, -0.2) is 18.7 Å². The number of benzene rings is 1. The highest BCUT2D eigenvalue weighted by molar-refractivity contribution is 6.01. The van der Waals surface area contributed by atoms with E-state index in [0.717, 1.165) is 18.4 Å². The van der Waals surface area contributed by atoms with Crippen molar-refractivity contribution >= 4 is 35.2 Å². The van der Waals surface area contributed by atoms with Gasteiger partial charge in [0.1, 0.15) is 23.5 Å². The normalized spacial score (nSPS) is 19.6. The third-order valence-corrected chi connectivity index (χ3v) is 10.3. The number of anilines is 3. The molecule has 0 spiro atoms. The van der Waals surface area contributed by atoms with Crippen molar-refractivity contribution in [2.45, 2.75) is 83.7 Å². The molecule has 2 N–H and O–H groups in total. The molecule has 0 saturated carbocycles. The summed E-state index contributed by atoms with van der Waals surface area (Å²) in [5.41, 5.74) is 1.52. The zero-order valence-electron chi connectivity index (χ0n) is 30.2. The first-order valence-corrected chi connectivity index (χ1v) is 18.0. The van der Waals surface area contributed by atoms with E-state index in [-0.39, 0.29) is 36.7 Å². The summed E-state index contributed by atoms with van der Waals surface area (Å²) in [6.45, 7) is 9.19. The number of alkyl halides is 2. The van der Waals surface area contributed by atoms with Gasteiger partial charge in [0.25, 0.3) is 17.7 Å². The van der Waals surface area contributed by atoms with Crippen LogP contribution in [0, 0.1) is 16.7 Å². The number of nitrogens with one attached hydrogen (secondary N) is 2. The quantitative estimate of drug-likeness (QED) is 0.286. The van der Waals surface area contributed by atoms with Gasteiger partial charge in [-0.2, -0.15) is 5.26 Å². The second kappa shape index (κ2) is 14.9. The van der Waals surface area contributed by atoms with Gasteiger partial charge in [0.15, 0.2) is 0 Å². The fraction of sp³-hybridized carbons (Fsp3) is 0.487. The van der Waals surface area contributed by atoms with Gasteiger partial charge in [-0.1, -0.05) is 26.8 Å². The Hall–Kier alpha value is -5.12. The Balaban J connectivity index is 1.14. The van der Waals surface area contributed by atoms with E-state index in [0.29, 0.717) is 66.6 Å². The highest BCUT2D eigenvalue weighted by atomic mass is 19.3. The lowest BCUT2D eigenvalue weighted by Crippen LogP contribution is -2.55. The number of nitrogens with zero attached hydrogens (tertiary/aromatic N) is 6. The van der Waals surface area contributed by atoms with Gasteiger partial charge in [-0.05, 0) is 92.0 Å². The fourth-order valence-corrected chi connectivity index (χ4v) is 7.31. The maximum absolute atomic E-state index is 14.2. The van der Waals surface area contributed by atoms with Crippen LogP contribution in [0.25, 0.3) is 0 Å². The van der Waals surface area contributed by atoms with E-state index in [2.05, 4.69) is 26.7 Å². The van der Waals surface area contributed by atoms with E-state index < -0.39 is 29.8 Å². The second-order valence-corrected chi connectivity index (χ2v) is 15.3. The van der Waals surface area contributed by atoms with E-state index in [1.807, 2.05) is 44.7 Å². The minimum Gasteiger partial charge on any atom is -0.350 e. The van der Waals surface area contributed by atoms with Gasteiger partial charge in [0.2, 0.25) is 5.91 Å². The first-order chi connectivity index (χ1) is 24.7. The zero-order chi connectivity index (χ0) is 37.2. The molecule has 3 fully saturated rings. The van der Waals surface area contributed by atoms with Crippen molar-refractivity contribution in [3.05, 3.63) is 77.0 Å². The van der Waals surface area contributed by atoms with Gasteiger partial charge in [-0.15, -0.1) is 0 Å². The summed E-state index contributed by atoms with van der Waals surface area (Å²) in [6.07, 6.45) is 4.43. The standard InChI is InChI=1S/C39H46F2N8O3/c1-25-7-6-15-49(25)37(52)34(38(2,3)4)46-35(50)28-8-5-9-29(20-28)36(51)47-16-11-27(12-17-47)30-21-32(44-31-19-26(23-42)10-14-43-31)45-33(22-30)48-18-13-39(40,41)24-48/h5,8-10,14,19-22,25,27,34H,6-7,11-13,15-18,24H2,1-4H3,(H,46,50)(H,43,44,45). The van der Waals surface area contributed by atoms with Gasteiger partial charge < -0.3 is 25.3 Å². The van der Waals surface area contributed by atoms with Crippen molar-refractivity contribution in [2.75, 3.05) is 42.9 Å². The molecule has 3 saturated heterocycles. The Morgan fingerprint density at radius 1 is 0.981 bits per heavy atom. The fourth-order valence-electron chi connectivity index (χ4n) is 7.31. The number of carbonyl (C=O) groups excluding carboxylic acids is 3. The predicted octanol–water partition coefficient (Wildman–Crippen LogP) is 6.11. The molecule has 3 aromatic rings. The van der Waals surface area contributed by atoms with E-state index >= 15 is 0 Å². The molecule has 3 aliphatic rings. The van der Waals surface area contributed by atoms with Gasteiger partial charge in [0.05, 0.1) is 18.2 Å². The van der Waals surface area contributed by atoms with Crippen LogP contribution in [-0.2, 0) is 4.79 Å². The summed E-state index contributed by atoms with van der Waals surface area (Å²) in [5, 5.41) is 15.4. The van der Waals surface area contributed by atoms with Crippen molar-refractivity contribution in [1.82, 2.24) is 25.1 Å². The molecule has 11 nitrogen and oxygen atoms in total. The second-order valence-electron chi connectivity index (χ2n) is 15.3. The number of pyridine rings is 2. The van der Waals surface area contributed by atoms with Crippen LogP contribution >= 0.6 is 0 Å². The molecular weight excluding hydrogens is 666 g/mol. The molecule has 13 heteroatoms. The monoisotopic (exact) mass is 712 g/mol. The van der Waals surface area contributed by atoms with Gasteiger partial charge in [-0.3, -0.25) is 14.4 Å². The van der Waals surface area contributed by atoms with Crippen LogP contribution < -0.4 is 15.5 Å². The number of aromatic nitrogens is 2. The third kappa shape index (κ3) is 8.33. The minimum atomic E-state index is -2.80. The van der Waals surface area contributed by atoms with Gasteiger partial charge in [0, 0.05) is 56.0 Å². The summed E-state index contributed by atoms with van der Waals surface area (Å²) in [7, 11) is 0. The number of rotatable bonds is 8. The molecule has 0 radical (unpaired) electrons. The highest BCUT2D eigenvalue weighted by Crippen LogP contribution is 2.36. The molecule has 3 amide bonds. The van der Waals surface area contributed by atoms with Crippen molar-refractivity contribution < 1.29 is 23.2 Å². The molecule has 2 atom stereocenters. The summed E-state index contributed by atoms with van der Waals surface area (Å²) < 4.78 is 28.4. The van der Waals surface area contributed by atoms with Crippen molar-refractivity contribution in [3.8, 4) is 6.07 Å². The topological polar surface area (TPSA) is 135 Å². The number of piperidine rings is 1. The molecule has 5 heterocycles. The van der Waals surface area contributed by atoms with Crippen LogP contribution in [0.1, 0.15) is 97.6 Å². The van der Waals surface area contributed by atoms with Crippen molar-refractivity contribution in [1.29, 1.82) is 5.26 Å². The highest BCUT2D eigenvalue weighted by Gasteiger charge is 2.40. The van der Waals surface area contributed by atoms with Gasteiger partial charge >= 0.3 is 0 Å². The number of halogens is 2. The molecule has 2 aromatic heterocycles. The molecule has 2 unspecified atom stereocenters. The molecule has 3 aliphatic heterocycles. The summed E-state index contributed by atoms with van der Waals surface area (Å²) in [6, 6.07) is 15.0. The smallest absolute Gasteiger partial charge is 0.266 e. The maximum atomic E-state index is 14.2. The van der Waals surface area contributed by atoms with Crippen LogP contribution in [-0.4, -0.2) is 88.2 Å². The van der Waals surface area contributed by atoms with E-state index in [1.165, 1.54) is 6.20 Å². The summed E-state index contributed by atoms with van der Waals surface area (Å²) in [4.78, 5) is 54.9. The summed E-state index contributed by atoms with van der Waals surface area (Å²) in [5.74, 6) is -2.16. The lowest BCUT2D eigenvalue weighted by Gasteiger charge is -2.35. The minimum absolute atomic E-state index is 0.0372. The first kappa shape index (κ1) is 36.7. The van der Waals surface area contributed by atoms with Crippen LogP contribution in [0.4, 0.5) is 26.2 Å². The SMILES string of the molecule is CC1CCCN1C(=O)C(NC(=O)c1cccc(C(=O)N2CCC(c3cc(Nc4cc(C#N)ccn4)nc(N4CCC(F)(F)C4)c3)CC2)c1)C(C)(C)C. The Morgan fingerprint density at radius 2 is 1.73 bits per heavy atom. The Labute approximate surface area is 303 Å². The maximum Gasteiger partial charge on any atom is 0.266 e. The third-order valence-electron chi connectivity index (χ3n) is 10.3. The molecule has 6 rings (SSSR count). The lowest BCUT2D eigenvalue weighted by molar-refractivity contribution is -0.136. The Bertz CT molecular complexity index is 1860. The van der Waals surface area contributed by atoms with Crippen LogP contribution in [0.5, 0.6) is 0 Å². The first-order valence-electron chi connectivity index (χ1n) is 18.0. The van der Waals surface area contributed by atoms with Crippen molar-refractivity contribution in [3.63, 3.8) is 0 Å². The molecule has 274 valence electrons. The van der Waals surface area contributed by atoms with E-state index in [1.54, 1.807) is 46.2 Å². The lowest BCUT2D eigenvalue weighted by atomic mass is 9.85. The van der Waals surface area contributed by atoms with Crippen molar-refractivity contribution in [2.24, 2.45) is 5.41 Å². The average molecular weight is 713 g/mol. The zero-order valence-corrected chi connectivity index (χ0v) is 30.2. The number of carbonyl (C=O) groups is 3. The number of amides is 3. The number of hydrogen-bond donors (Lipinski definition) is 2. The van der Waals surface area contributed by atoms with Crippen LogP contribution in [0.2, 0.25) is 0 Å². The Kier molecular flexibility index (Phi) is 10.5. The molecule has 0 bridgehead atoms. The van der Waals surface area contributed by atoms with Crippen LogP contribution in [0.15, 0.2) is 54.7 Å². The molecule has 0 aliphatic carbocycles. The molecule has 52 heavy (non-hydrogen) atoms. The number of hydrogen-bond acceptors (Lipinski definition) is 8. The largest absolute Gasteiger partial charge is 0.350 e. The van der Waals surface area contributed by atoms with E-state index in [9.17, 15) is 28.4 Å². The molecule has 1 aromatic carbocycles. The Morgan fingerprint density at radius 3 is 2.38 bits per heavy atom. The van der Waals surface area contributed by atoms with E-state index in [4.69, 9.17) is 0 Å². The number of nitriles is 1. The number of likely N-dealkylation sites (tertiary alicyclic amines) is 2. The summed E-state index contributed by atoms with van der Waals surface area (Å²) >= 11 is 0. The average Bonchev–Trinajstić information content (AvgIpc) is 3.73.